The number of methoxy groups -OCH3 is 1. The molecule has 0 fully saturated rings. The number of halogens is 2. The Labute approximate surface area is 165 Å². The molecule has 0 bridgehead atoms. The quantitative estimate of drug-likeness (QED) is 0.655. The molecule has 8 heteroatoms. The van der Waals surface area contributed by atoms with Gasteiger partial charge in [-0.25, -0.2) is 13.6 Å². The molecule has 1 N–H and O–H groups in total. The number of para-hydroxylation sites is 1. The number of aryl methyl sites for hydroxylation is 1. The fourth-order valence-corrected chi connectivity index (χ4v) is 2.70. The molecule has 3 rings (SSSR count). The molecule has 0 aliphatic carbocycles. The van der Waals surface area contributed by atoms with Gasteiger partial charge in [-0.3, -0.25) is 9.78 Å². The van der Waals surface area contributed by atoms with Crippen LogP contribution in [0, 0.1) is 18.6 Å². The molecular formula is C21H18F2N2O4. The highest BCUT2D eigenvalue weighted by molar-refractivity contribution is 5.99. The summed E-state index contributed by atoms with van der Waals surface area (Å²) in [6.45, 7) is 2.94. The molecule has 1 unspecified atom stereocenters. The van der Waals surface area contributed by atoms with Gasteiger partial charge in [0.1, 0.15) is 23.1 Å². The first-order valence-electron chi connectivity index (χ1n) is 8.71. The van der Waals surface area contributed by atoms with Crippen LogP contribution >= 0.6 is 0 Å². The molecule has 1 aromatic heterocycles. The summed E-state index contributed by atoms with van der Waals surface area (Å²) >= 11 is 0. The number of amides is 1. The van der Waals surface area contributed by atoms with Crippen LogP contribution in [0.5, 0.6) is 5.75 Å². The second-order valence-electron chi connectivity index (χ2n) is 6.31. The fraction of sp³-hybridized carbons (Fsp3) is 0.190. The van der Waals surface area contributed by atoms with Crippen LogP contribution in [0.25, 0.3) is 10.9 Å². The standard InChI is InChI=1S/C21H18F2N2O4/c1-11-15(9-13-7-8-14(28-3)10-18(13)24-11)21(27)29-12(2)20(26)25-19-16(22)5-4-6-17(19)23/h4-10,12H,1-3H3,(H,25,26). The third kappa shape index (κ3) is 4.31. The number of benzene rings is 2. The van der Waals surface area contributed by atoms with Gasteiger partial charge in [0.25, 0.3) is 5.91 Å². The highest BCUT2D eigenvalue weighted by atomic mass is 19.1. The molecule has 29 heavy (non-hydrogen) atoms. The van der Waals surface area contributed by atoms with Crippen LogP contribution in [0.4, 0.5) is 14.5 Å². The topological polar surface area (TPSA) is 77.5 Å². The van der Waals surface area contributed by atoms with E-state index < -0.39 is 35.3 Å². The lowest BCUT2D eigenvalue weighted by Crippen LogP contribution is -2.31. The SMILES string of the molecule is COc1ccc2cc(C(=O)OC(C)C(=O)Nc3c(F)cccc3F)c(C)nc2c1. The zero-order valence-electron chi connectivity index (χ0n) is 16.0. The number of pyridine rings is 1. The van der Waals surface area contributed by atoms with E-state index in [1.807, 2.05) is 0 Å². The summed E-state index contributed by atoms with van der Waals surface area (Å²) in [7, 11) is 1.54. The molecule has 6 nitrogen and oxygen atoms in total. The van der Waals surface area contributed by atoms with Gasteiger partial charge in [0.2, 0.25) is 0 Å². The maximum absolute atomic E-state index is 13.7. The summed E-state index contributed by atoms with van der Waals surface area (Å²) in [6, 6.07) is 10.00. The van der Waals surface area contributed by atoms with Crippen molar-refractivity contribution in [1.82, 2.24) is 4.98 Å². The summed E-state index contributed by atoms with van der Waals surface area (Å²) in [5.74, 6) is -2.86. The number of ether oxygens (including phenoxy) is 2. The van der Waals surface area contributed by atoms with E-state index in [0.717, 1.165) is 12.1 Å². The Balaban J connectivity index is 1.77. The minimum atomic E-state index is -1.28. The summed E-state index contributed by atoms with van der Waals surface area (Å²) in [4.78, 5) is 29.1. The lowest BCUT2D eigenvalue weighted by Gasteiger charge is -2.15. The average molecular weight is 400 g/mol. The van der Waals surface area contributed by atoms with Gasteiger partial charge in [0, 0.05) is 11.5 Å². The molecule has 0 aliphatic heterocycles. The zero-order chi connectivity index (χ0) is 21.1. The first-order valence-corrected chi connectivity index (χ1v) is 8.71. The van der Waals surface area contributed by atoms with E-state index in [9.17, 15) is 18.4 Å². The van der Waals surface area contributed by atoms with Crippen LogP contribution in [-0.4, -0.2) is 30.1 Å². The molecule has 1 amide bonds. The Morgan fingerprint density at radius 3 is 2.45 bits per heavy atom. The van der Waals surface area contributed by atoms with E-state index in [1.54, 1.807) is 38.3 Å². The van der Waals surface area contributed by atoms with Gasteiger partial charge >= 0.3 is 5.97 Å². The number of rotatable bonds is 5. The summed E-state index contributed by atoms with van der Waals surface area (Å²) in [5.41, 5.74) is 0.625. The third-order valence-corrected chi connectivity index (χ3v) is 4.30. The smallest absolute Gasteiger partial charge is 0.340 e. The van der Waals surface area contributed by atoms with Gasteiger partial charge in [0.15, 0.2) is 6.10 Å². The summed E-state index contributed by atoms with van der Waals surface area (Å²) in [6.07, 6.45) is -1.28. The Bertz CT molecular complexity index is 1080. The predicted octanol–water partition coefficient (Wildman–Crippen LogP) is 4.01. The Morgan fingerprint density at radius 1 is 1.10 bits per heavy atom. The van der Waals surface area contributed by atoms with Crippen molar-refractivity contribution in [3.63, 3.8) is 0 Å². The van der Waals surface area contributed by atoms with Gasteiger partial charge in [-0.05, 0) is 44.2 Å². The Kier molecular flexibility index (Phi) is 5.72. The van der Waals surface area contributed by atoms with Crippen LogP contribution < -0.4 is 10.1 Å². The third-order valence-electron chi connectivity index (χ3n) is 4.30. The Hall–Kier alpha value is -3.55. The van der Waals surface area contributed by atoms with Crippen molar-refractivity contribution in [2.24, 2.45) is 0 Å². The van der Waals surface area contributed by atoms with Crippen LogP contribution in [-0.2, 0) is 9.53 Å². The molecule has 1 atom stereocenters. The number of hydrogen-bond donors (Lipinski definition) is 1. The zero-order valence-corrected chi connectivity index (χ0v) is 16.0. The van der Waals surface area contributed by atoms with Crippen LogP contribution in [0.15, 0.2) is 42.5 Å². The second-order valence-corrected chi connectivity index (χ2v) is 6.31. The van der Waals surface area contributed by atoms with E-state index in [4.69, 9.17) is 9.47 Å². The molecular weight excluding hydrogens is 382 g/mol. The molecule has 0 radical (unpaired) electrons. The number of nitrogens with zero attached hydrogens (tertiary/aromatic N) is 1. The first-order chi connectivity index (χ1) is 13.8. The van der Waals surface area contributed by atoms with Crippen molar-refractivity contribution >= 4 is 28.5 Å². The normalized spacial score (nSPS) is 11.8. The number of fused-ring (bicyclic) bond motifs is 1. The molecule has 0 spiro atoms. The number of nitrogens with one attached hydrogen (secondary N) is 1. The maximum Gasteiger partial charge on any atom is 0.340 e. The van der Waals surface area contributed by atoms with Gasteiger partial charge in [-0.1, -0.05) is 6.07 Å². The predicted molar refractivity (Wildman–Crippen MR) is 103 cm³/mol. The van der Waals surface area contributed by atoms with Crippen LogP contribution in [0.1, 0.15) is 23.0 Å². The number of carbonyl (C=O) groups is 2. The highest BCUT2D eigenvalue weighted by Crippen LogP contribution is 2.23. The van der Waals surface area contributed by atoms with Crippen molar-refractivity contribution in [1.29, 1.82) is 0 Å². The highest BCUT2D eigenvalue weighted by Gasteiger charge is 2.23. The average Bonchev–Trinajstić information content (AvgIpc) is 2.69. The van der Waals surface area contributed by atoms with Crippen molar-refractivity contribution in [2.75, 3.05) is 12.4 Å². The number of anilines is 1. The minimum Gasteiger partial charge on any atom is -0.497 e. The van der Waals surface area contributed by atoms with Gasteiger partial charge in [-0.15, -0.1) is 0 Å². The minimum absolute atomic E-state index is 0.180. The maximum atomic E-state index is 13.7. The number of aromatic nitrogens is 1. The van der Waals surface area contributed by atoms with Crippen molar-refractivity contribution in [3.05, 3.63) is 65.4 Å². The lowest BCUT2D eigenvalue weighted by molar-refractivity contribution is -0.123. The van der Waals surface area contributed by atoms with E-state index in [-0.39, 0.29) is 5.56 Å². The molecule has 0 saturated heterocycles. The summed E-state index contributed by atoms with van der Waals surface area (Å²) < 4.78 is 37.7. The summed E-state index contributed by atoms with van der Waals surface area (Å²) in [5, 5.41) is 2.79. The van der Waals surface area contributed by atoms with E-state index in [2.05, 4.69) is 10.3 Å². The van der Waals surface area contributed by atoms with Crippen LogP contribution in [0.2, 0.25) is 0 Å². The monoisotopic (exact) mass is 400 g/mol. The number of esters is 1. The second kappa shape index (κ2) is 8.22. The molecule has 150 valence electrons. The van der Waals surface area contributed by atoms with E-state index in [1.165, 1.54) is 13.0 Å². The molecule has 1 heterocycles. The lowest BCUT2D eigenvalue weighted by atomic mass is 10.1. The fourth-order valence-electron chi connectivity index (χ4n) is 2.70. The molecule has 2 aromatic carbocycles. The van der Waals surface area contributed by atoms with Crippen molar-refractivity contribution in [2.45, 2.75) is 20.0 Å². The molecule has 0 aliphatic rings. The van der Waals surface area contributed by atoms with Crippen LogP contribution in [0.3, 0.4) is 0 Å². The first kappa shape index (κ1) is 20.2. The van der Waals surface area contributed by atoms with Gasteiger partial charge in [-0.2, -0.15) is 0 Å². The van der Waals surface area contributed by atoms with Gasteiger partial charge in [0.05, 0.1) is 23.9 Å². The van der Waals surface area contributed by atoms with Crippen molar-refractivity contribution in [3.8, 4) is 5.75 Å². The molecule has 3 aromatic rings. The number of carbonyl (C=O) groups excluding carboxylic acids is 2. The largest absolute Gasteiger partial charge is 0.497 e. The number of hydrogen-bond acceptors (Lipinski definition) is 5. The van der Waals surface area contributed by atoms with E-state index >= 15 is 0 Å². The van der Waals surface area contributed by atoms with Crippen molar-refractivity contribution < 1.29 is 27.8 Å². The molecule has 0 saturated carbocycles. The Morgan fingerprint density at radius 2 is 1.79 bits per heavy atom. The van der Waals surface area contributed by atoms with E-state index in [0.29, 0.717) is 22.3 Å². The van der Waals surface area contributed by atoms with Gasteiger partial charge < -0.3 is 14.8 Å².